The summed E-state index contributed by atoms with van der Waals surface area (Å²) in [7, 11) is 0. The van der Waals surface area contributed by atoms with Crippen molar-refractivity contribution in [3.63, 3.8) is 0 Å². The van der Waals surface area contributed by atoms with Crippen molar-refractivity contribution >= 4 is 11.9 Å². The second-order valence-electron chi connectivity index (χ2n) is 3.27. The Morgan fingerprint density at radius 3 is 2.47 bits per heavy atom. The van der Waals surface area contributed by atoms with Gasteiger partial charge in [0.15, 0.2) is 0 Å². The maximum absolute atomic E-state index is 11.0. The predicted molar refractivity (Wildman–Crippen MR) is 58.1 cm³/mol. The number of aliphatic carboxylic acids is 1. The first-order chi connectivity index (χ1) is 7.63. The van der Waals surface area contributed by atoms with Crippen LogP contribution in [0, 0.1) is 0 Å². The molecule has 0 aliphatic carbocycles. The van der Waals surface area contributed by atoms with Crippen LogP contribution in [0.2, 0.25) is 0 Å². The molecule has 0 bridgehead atoms. The van der Waals surface area contributed by atoms with Crippen LogP contribution in [-0.2, 0) is 11.2 Å². The van der Waals surface area contributed by atoms with Crippen LogP contribution < -0.4 is 40.4 Å². The predicted octanol–water partition coefficient (Wildman–Crippen LogP) is -3.60. The van der Waals surface area contributed by atoms with E-state index in [2.05, 4.69) is 4.99 Å². The maximum Gasteiger partial charge on any atom is 1.00 e. The minimum absolute atomic E-state index is 0. The molecule has 0 aliphatic rings. The molecule has 0 spiro atoms. The fraction of sp³-hybridized carbons (Fsp3) is 0.273. The van der Waals surface area contributed by atoms with Gasteiger partial charge < -0.3 is 15.9 Å². The molecule has 0 unspecified atom stereocenters. The summed E-state index contributed by atoms with van der Waals surface area (Å²) >= 11 is 0. The Balaban J connectivity index is 0.00000256. The molecular formula is C11H13N2NaO3. The summed E-state index contributed by atoms with van der Waals surface area (Å²) in [4.78, 5) is 14.4. The Kier molecular flexibility index (Phi) is 7.82. The Morgan fingerprint density at radius 2 is 2.00 bits per heavy atom. The standard InChI is InChI=1S/C11H14N2O3.Na/c12-7-10(14)13-9(11(15)16)6-8-4-2-1-3-5-8;/h1-5,9H,6-7,12H2,(H,13,14)(H,15,16);/q;+1/p-1/t9-;/m0./s1. The molecule has 1 aromatic carbocycles. The van der Waals surface area contributed by atoms with Gasteiger partial charge in [0.1, 0.15) is 6.04 Å². The zero-order valence-electron chi connectivity index (χ0n) is 9.67. The zero-order chi connectivity index (χ0) is 12.0. The molecule has 0 saturated carbocycles. The molecule has 17 heavy (non-hydrogen) atoms. The first-order valence-electron chi connectivity index (χ1n) is 4.84. The first kappa shape index (κ1) is 16.1. The summed E-state index contributed by atoms with van der Waals surface area (Å²) in [5, 5.41) is 19.9. The summed E-state index contributed by atoms with van der Waals surface area (Å²) in [6.45, 7) is -0.265. The molecule has 0 fully saturated rings. The van der Waals surface area contributed by atoms with E-state index in [1.165, 1.54) is 0 Å². The second kappa shape index (κ2) is 8.25. The van der Waals surface area contributed by atoms with E-state index in [0.717, 1.165) is 5.56 Å². The largest absolute Gasteiger partial charge is 1.00 e. The Bertz CT molecular complexity index is 382. The van der Waals surface area contributed by atoms with Gasteiger partial charge in [0, 0.05) is 13.0 Å². The molecule has 0 heterocycles. The van der Waals surface area contributed by atoms with Crippen LogP contribution in [0.1, 0.15) is 5.56 Å². The van der Waals surface area contributed by atoms with E-state index in [-0.39, 0.29) is 42.5 Å². The first-order valence-corrected chi connectivity index (χ1v) is 4.84. The minimum atomic E-state index is -1.12. The van der Waals surface area contributed by atoms with Crippen molar-refractivity contribution < 1.29 is 44.6 Å². The number of carboxylic acid groups (broad SMARTS) is 1. The molecule has 5 nitrogen and oxygen atoms in total. The van der Waals surface area contributed by atoms with Gasteiger partial charge in [0.25, 0.3) is 0 Å². The smallest absolute Gasteiger partial charge is 0.861 e. The third-order valence-corrected chi connectivity index (χ3v) is 2.03. The minimum Gasteiger partial charge on any atom is -0.861 e. The van der Waals surface area contributed by atoms with E-state index >= 15 is 0 Å². The Labute approximate surface area is 122 Å². The van der Waals surface area contributed by atoms with Crippen molar-refractivity contribution in [3.8, 4) is 0 Å². The van der Waals surface area contributed by atoms with Gasteiger partial charge in [-0.25, -0.2) is 4.79 Å². The number of rotatable bonds is 5. The van der Waals surface area contributed by atoms with Crippen molar-refractivity contribution in [2.75, 3.05) is 6.54 Å². The molecule has 0 saturated heterocycles. The van der Waals surface area contributed by atoms with Crippen LogP contribution in [-0.4, -0.2) is 29.6 Å². The molecule has 1 aromatic rings. The fourth-order valence-corrected chi connectivity index (χ4v) is 1.25. The molecule has 0 radical (unpaired) electrons. The van der Waals surface area contributed by atoms with Crippen molar-refractivity contribution in [2.45, 2.75) is 12.5 Å². The molecule has 0 aliphatic heterocycles. The van der Waals surface area contributed by atoms with E-state index in [9.17, 15) is 9.90 Å². The van der Waals surface area contributed by atoms with E-state index in [1.54, 1.807) is 24.3 Å². The molecule has 3 N–H and O–H groups in total. The number of aliphatic imine (C=N–C) groups is 1. The second-order valence-corrected chi connectivity index (χ2v) is 3.27. The number of hydrogen-bond acceptors (Lipinski definition) is 4. The average molecular weight is 244 g/mol. The fourth-order valence-electron chi connectivity index (χ4n) is 1.25. The summed E-state index contributed by atoms with van der Waals surface area (Å²) in [6, 6.07) is 7.97. The van der Waals surface area contributed by atoms with Crippen molar-refractivity contribution in [2.24, 2.45) is 10.7 Å². The SMILES string of the molecule is NCC([O-])=N[C@@H](Cc1ccccc1)C(=O)O.[Na+]. The average Bonchev–Trinajstić information content (AvgIpc) is 2.29. The summed E-state index contributed by atoms with van der Waals surface area (Å²) in [5.41, 5.74) is 5.90. The summed E-state index contributed by atoms with van der Waals surface area (Å²) < 4.78 is 0. The third-order valence-electron chi connectivity index (χ3n) is 2.03. The van der Waals surface area contributed by atoms with Crippen LogP contribution >= 0.6 is 0 Å². The van der Waals surface area contributed by atoms with E-state index < -0.39 is 17.9 Å². The van der Waals surface area contributed by atoms with Gasteiger partial charge in [-0.15, -0.1) is 0 Å². The topological polar surface area (TPSA) is 98.7 Å². The molecule has 1 atom stereocenters. The number of hydrogen-bond donors (Lipinski definition) is 2. The van der Waals surface area contributed by atoms with E-state index in [4.69, 9.17) is 10.8 Å². The van der Waals surface area contributed by atoms with E-state index in [1.807, 2.05) is 6.07 Å². The molecule has 6 heteroatoms. The normalized spacial score (nSPS) is 12.6. The van der Waals surface area contributed by atoms with Gasteiger partial charge in [-0.1, -0.05) is 30.3 Å². The monoisotopic (exact) mass is 244 g/mol. The van der Waals surface area contributed by atoms with Crippen LogP contribution in [0.15, 0.2) is 35.3 Å². The zero-order valence-corrected chi connectivity index (χ0v) is 11.7. The van der Waals surface area contributed by atoms with E-state index in [0.29, 0.717) is 0 Å². The number of benzene rings is 1. The van der Waals surface area contributed by atoms with Gasteiger partial charge in [0.2, 0.25) is 0 Å². The Hall–Kier alpha value is -0.880. The number of carboxylic acids is 1. The molecular weight excluding hydrogens is 231 g/mol. The van der Waals surface area contributed by atoms with Crippen LogP contribution in [0.4, 0.5) is 0 Å². The number of nitrogens with zero attached hydrogens (tertiary/aromatic N) is 1. The maximum atomic E-state index is 11.0. The molecule has 86 valence electrons. The molecule has 0 aromatic heterocycles. The third kappa shape index (κ3) is 5.83. The van der Waals surface area contributed by atoms with Crippen molar-refractivity contribution in [1.29, 1.82) is 0 Å². The summed E-state index contributed by atoms with van der Waals surface area (Å²) in [6.07, 6.45) is 0.196. The molecule has 1 rings (SSSR count). The number of carbonyl (C=O) groups is 1. The molecule has 0 amide bonds. The number of nitrogens with two attached hydrogens (primary N) is 1. The van der Waals surface area contributed by atoms with Gasteiger partial charge in [-0.05, 0) is 11.5 Å². The van der Waals surface area contributed by atoms with Gasteiger partial charge in [0.05, 0.1) is 0 Å². The summed E-state index contributed by atoms with van der Waals surface area (Å²) in [5.74, 6) is -1.71. The van der Waals surface area contributed by atoms with Crippen molar-refractivity contribution in [3.05, 3.63) is 35.9 Å². The van der Waals surface area contributed by atoms with Gasteiger partial charge >= 0.3 is 35.5 Å². The van der Waals surface area contributed by atoms with Gasteiger partial charge in [-0.3, -0.25) is 4.99 Å². The van der Waals surface area contributed by atoms with Gasteiger partial charge in [-0.2, -0.15) is 0 Å². The van der Waals surface area contributed by atoms with Crippen molar-refractivity contribution in [1.82, 2.24) is 0 Å². The van der Waals surface area contributed by atoms with Crippen LogP contribution in [0.5, 0.6) is 0 Å². The quantitative estimate of drug-likeness (QED) is 0.317. The van der Waals surface area contributed by atoms with Crippen LogP contribution in [0.25, 0.3) is 0 Å². The van der Waals surface area contributed by atoms with Crippen LogP contribution in [0.3, 0.4) is 0 Å². The Morgan fingerprint density at radius 1 is 1.41 bits per heavy atom.